The molecule has 4 amide bonds. The molecule has 1 saturated heterocycles. The Labute approximate surface area is 139 Å². The molecule has 2 aromatic carbocycles. The van der Waals surface area contributed by atoms with E-state index in [9.17, 15) is 14.4 Å². The van der Waals surface area contributed by atoms with Gasteiger partial charge in [-0.1, -0.05) is 36.4 Å². The highest BCUT2D eigenvalue weighted by Crippen LogP contribution is 2.24. The van der Waals surface area contributed by atoms with Gasteiger partial charge in [0.25, 0.3) is 11.8 Å². The van der Waals surface area contributed by atoms with E-state index in [0.29, 0.717) is 11.3 Å². The minimum Gasteiger partial charge on any atom is -0.273 e. The van der Waals surface area contributed by atoms with Crippen LogP contribution in [0.2, 0.25) is 0 Å². The third-order valence-corrected chi connectivity index (χ3v) is 3.96. The maximum absolute atomic E-state index is 12.7. The summed E-state index contributed by atoms with van der Waals surface area (Å²) in [6.07, 6.45) is 1.48. The van der Waals surface area contributed by atoms with E-state index in [1.54, 1.807) is 24.3 Å². The van der Waals surface area contributed by atoms with Crippen molar-refractivity contribution >= 4 is 29.6 Å². The predicted octanol–water partition coefficient (Wildman–Crippen LogP) is 2.97. The number of hydrogen-bond acceptors (Lipinski definition) is 3. The fourth-order valence-corrected chi connectivity index (χ4v) is 2.47. The van der Waals surface area contributed by atoms with Crippen molar-refractivity contribution in [3.05, 3.63) is 70.8 Å². The molecule has 0 atom stereocenters. The molecule has 0 saturated carbocycles. The minimum atomic E-state index is -0.738. The zero-order valence-corrected chi connectivity index (χ0v) is 13.4. The number of aryl methyl sites for hydroxylation is 2. The summed E-state index contributed by atoms with van der Waals surface area (Å²) in [4.78, 5) is 37.9. The van der Waals surface area contributed by atoms with Crippen LogP contribution in [0.25, 0.3) is 6.08 Å². The van der Waals surface area contributed by atoms with Crippen molar-refractivity contribution in [3.8, 4) is 0 Å². The first-order valence-corrected chi connectivity index (χ1v) is 7.51. The molecule has 1 N–H and O–H groups in total. The number of nitrogens with one attached hydrogen (secondary N) is 1. The zero-order chi connectivity index (χ0) is 17.3. The van der Waals surface area contributed by atoms with Crippen molar-refractivity contribution < 1.29 is 14.4 Å². The van der Waals surface area contributed by atoms with Crippen molar-refractivity contribution in [2.24, 2.45) is 0 Å². The van der Waals surface area contributed by atoms with E-state index in [2.05, 4.69) is 5.32 Å². The maximum atomic E-state index is 12.7. The number of rotatable bonds is 2. The Hall–Kier alpha value is -3.21. The first-order chi connectivity index (χ1) is 11.5. The van der Waals surface area contributed by atoms with E-state index < -0.39 is 17.8 Å². The molecule has 1 heterocycles. The highest BCUT2D eigenvalue weighted by Gasteiger charge is 2.36. The number of nitrogens with zero attached hydrogens (tertiary/aromatic N) is 1. The lowest BCUT2D eigenvalue weighted by molar-refractivity contribution is -0.122. The van der Waals surface area contributed by atoms with Crippen molar-refractivity contribution in [1.29, 1.82) is 0 Å². The molecule has 5 nitrogen and oxygen atoms in total. The SMILES string of the molecule is Cc1ccc(N2C(=O)NC(=O)/C(=C/c3ccccc3)C2=O)cc1C. The predicted molar refractivity (Wildman–Crippen MR) is 91.4 cm³/mol. The highest BCUT2D eigenvalue weighted by molar-refractivity contribution is 6.39. The van der Waals surface area contributed by atoms with Gasteiger partial charge in [0.1, 0.15) is 5.57 Å². The zero-order valence-electron chi connectivity index (χ0n) is 13.4. The summed E-state index contributed by atoms with van der Waals surface area (Å²) in [6.45, 7) is 3.85. The summed E-state index contributed by atoms with van der Waals surface area (Å²) in [5, 5.41) is 2.22. The lowest BCUT2D eigenvalue weighted by Gasteiger charge is -2.26. The third kappa shape index (κ3) is 2.84. The fraction of sp³-hybridized carbons (Fsp3) is 0.105. The Balaban J connectivity index is 2.03. The van der Waals surface area contributed by atoms with E-state index in [1.165, 1.54) is 6.08 Å². The van der Waals surface area contributed by atoms with E-state index in [0.717, 1.165) is 16.0 Å². The van der Waals surface area contributed by atoms with Gasteiger partial charge in [0.05, 0.1) is 5.69 Å². The lowest BCUT2D eigenvalue weighted by atomic mass is 10.1. The smallest absolute Gasteiger partial charge is 0.273 e. The van der Waals surface area contributed by atoms with Gasteiger partial charge >= 0.3 is 6.03 Å². The molecule has 2 aromatic rings. The standard InChI is InChI=1S/C19H16N2O3/c1-12-8-9-15(10-13(12)2)21-18(23)16(17(22)20-19(21)24)11-14-6-4-3-5-7-14/h3-11H,1-2H3,(H,20,22,24)/b16-11-. The average Bonchev–Trinajstić information content (AvgIpc) is 2.55. The van der Waals surface area contributed by atoms with Gasteiger partial charge in [0, 0.05) is 0 Å². The Morgan fingerprint density at radius 1 is 0.917 bits per heavy atom. The van der Waals surface area contributed by atoms with Crippen LogP contribution >= 0.6 is 0 Å². The first kappa shape index (κ1) is 15.7. The molecule has 1 aliphatic heterocycles. The third-order valence-electron chi connectivity index (χ3n) is 3.96. The molecule has 0 bridgehead atoms. The number of amides is 4. The van der Waals surface area contributed by atoms with Crippen LogP contribution in [0.1, 0.15) is 16.7 Å². The summed E-state index contributed by atoms with van der Waals surface area (Å²) >= 11 is 0. The van der Waals surface area contributed by atoms with Crippen LogP contribution < -0.4 is 10.2 Å². The van der Waals surface area contributed by atoms with Crippen LogP contribution in [0.3, 0.4) is 0 Å². The van der Waals surface area contributed by atoms with Gasteiger partial charge in [0.2, 0.25) is 0 Å². The van der Waals surface area contributed by atoms with Crippen LogP contribution in [0.15, 0.2) is 54.1 Å². The molecular formula is C19H16N2O3. The van der Waals surface area contributed by atoms with Crippen LogP contribution in [-0.4, -0.2) is 17.8 Å². The topological polar surface area (TPSA) is 66.5 Å². The van der Waals surface area contributed by atoms with Crippen molar-refractivity contribution in [2.75, 3.05) is 4.90 Å². The van der Waals surface area contributed by atoms with Gasteiger partial charge in [-0.15, -0.1) is 0 Å². The van der Waals surface area contributed by atoms with Crippen molar-refractivity contribution in [2.45, 2.75) is 13.8 Å². The summed E-state index contributed by atoms with van der Waals surface area (Å²) in [5.74, 6) is -1.32. The van der Waals surface area contributed by atoms with E-state index in [-0.39, 0.29) is 5.57 Å². The Morgan fingerprint density at radius 2 is 1.62 bits per heavy atom. The molecule has 1 aliphatic rings. The van der Waals surface area contributed by atoms with Gasteiger partial charge in [-0.25, -0.2) is 9.69 Å². The Kier molecular flexibility index (Phi) is 4.00. The molecular weight excluding hydrogens is 304 g/mol. The molecule has 5 heteroatoms. The number of hydrogen-bond donors (Lipinski definition) is 1. The summed E-state index contributed by atoms with van der Waals surface area (Å²) in [5.41, 5.74) is 3.09. The first-order valence-electron chi connectivity index (χ1n) is 7.51. The number of barbiturate groups is 1. The van der Waals surface area contributed by atoms with Crippen LogP contribution in [0.5, 0.6) is 0 Å². The van der Waals surface area contributed by atoms with Gasteiger partial charge < -0.3 is 0 Å². The maximum Gasteiger partial charge on any atom is 0.335 e. The van der Waals surface area contributed by atoms with Crippen LogP contribution in [0, 0.1) is 13.8 Å². The number of urea groups is 1. The molecule has 120 valence electrons. The molecule has 0 aromatic heterocycles. The number of carbonyl (C=O) groups excluding carboxylic acids is 3. The van der Waals surface area contributed by atoms with Crippen molar-refractivity contribution in [1.82, 2.24) is 5.32 Å². The van der Waals surface area contributed by atoms with Gasteiger partial charge in [-0.05, 0) is 48.7 Å². The van der Waals surface area contributed by atoms with Crippen LogP contribution in [0.4, 0.5) is 10.5 Å². The fourth-order valence-electron chi connectivity index (χ4n) is 2.47. The van der Waals surface area contributed by atoms with E-state index in [1.807, 2.05) is 38.1 Å². The van der Waals surface area contributed by atoms with Gasteiger partial charge in [0.15, 0.2) is 0 Å². The quantitative estimate of drug-likeness (QED) is 0.683. The summed E-state index contributed by atoms with van der Waals surface area (Å²) in [6, 6.07) is 13.6. The molecule has 24 heavy (non-hydrogen) atoms. The van der Waals surface area contributed by atoms with Crippen LogP contribution in [-0.2, 0) is 9.59 Å². The second kappa shape index (κ2) is 6.12. The monoisotopic (exact) mass is 320 g/mol. The molecule has 0 radical (unpaired) electrons. The molecule has 0 unspecified atom stereocenters. The van der Waals surface area contributed by atoms with E-state index >= 15 is 0 Å². The highest BCUT2D eigenvalue weighted by atomic mass is 16.2. The van der Waals surface area contributed by atoms with Gasteiger partial charge in [-0.2, -0.15) is 0 Å². The summed E-state index contributed by atoms with van der Waals surface area (Å²) in [7, 11) is 0. The molecule has 0 spiro atoms. The Bertz CT molecular complexity index is 869. The molecule has 1 fully saturated rings. The number of benzene rings is 2. The van der Waals surface area contributed by atoms with Gasteiger partial charge in [-0.3, -0.25) is 14.9 Å². The normalized spacial score (nSPS) is 16.5. The Morgan fingerprint density at radius 3 is 2.29 bits per heavy atom. The van der Waals surface area contributed by atoms with E-state index in [4.69, 9.17) is 0 Å². The molecule has 0 aliphatic carbocycles. The second-order valence-electron chi connectivity index (χ2n) is 5.64. The minimum absolute atomic E-state index is 0.0703. The number of anilines is 1. The summed E-state index contributed by atoms with van der Waals surface area (Å²) < 4.78 is 0. The number of carbonyl (C=O) groups is 3. The number of imide groups is 2. The molecule has 3 rings (SSSR count). The average molecular weight is 320 g/mol. The largest absolute Gasteiger partial charge is 0.335 e. The second-order valence-corrected chi connectivity index (χ2v) is 5.64. The lowest BCUT2D eigenvalue weighted by Crippen LogP contribution is -2.54. The van der Waals surface area contributed by atoms with Crippen molar-refractivity contribution in [3.63, 3.8) is 0 Å².